The summed E-state index contributed by atoms with van der Waals surface area (Å²) in [6.45, 7) is 0.794. The van der Waals surface area contributed by atoms with Gasteiger partial charge in [0, 0.05) is 6.54 Å². The van der Waals surface area contributed by atoms with Crippen LogP contribution in [0.3, 0.4) is 0 Å². The highest BCUT2D eigenvalue weighted by molar-refractivity contribution is 9.10. The smallest absolute Gasteiger partial charge is 0.263 e. The number of hydrogen-bond acceptors (Lipinski definition) is 6. The van der Waals surface area contributed by atoms with Gasteiger partial charge in [-0.05, 0) is 56.5 Å². The minimum Gasteiger partial charge on any atom is -0.493 e. The number of ether oxygens (including phenoxy) is 2. The number of nitrogens with one attached hydrogen (secondary N) is 2. The Hall–Kier alpha value is -2.68. The van der Waals surface area contributed by atoms with Crippen LogP contribution in [0.5, 0.6) is 11.5 Å². The molecule has 3 aromatic rings. The molecule has 0 aliphatic heterocycles. The van der Waals surface area contributed by atoms with Gasteiger partial charge in [0.1, 0.15) is 12.4 Å². The molecule has 0 aliphatic rings. The molecule has 0 fully saturated rings. The number of aromatic amines is 1. The summed E-state index contributed by atoms with van der Waals surface area (Å²) in [5, 5.41) is 16.6. The van der Waals surface area contributed by atoms with Crippen molar-refractivity contribution in [3.8, 4) is 11.5 Å². The molecule has 0 radical (unpaired) electrons. The maximum absolute atomic E-state index is 13.0. The average molecular weight is 408 g/mol. The van der Waals surface area contributed by atoms with E-state index in [0.717, 1.165) is 15.6 Å². The van der Waals surface area contributed by atoms with E-state index in [4.69, 9.17) is 9.47 Å². The van der Waals surface area contributed by atoms with Crippen molar-refractivity contribution >= 4 is 21.9 Å². The highest BCUT2D eigenvalue weighted by atomic mass is 79.9. The van der Waals surface area contributed by atoms with Gasteiger partial charge in [0.15, 0.2) is 11.5 Å². The van der Waals surface area contributed by atoms with Crippen LogP contribution in [0.2, 0.25) is 0 Å². The van der Waals surface area contributed by atoms with Crippen molar-refractivity contribution in [2.45, 2.75) is 13.2 Å². The molecule has 2 aromatic carbocycles. The summed E-state index contributed by atoms with van der Waals surface area (Å²) >= 11 is 3.50. The normalized spacial score (nSPS) is 10.5. The zero-order chi connectivity index (χ0) is 17.6. The number of halogens is 2. The Morgan fingerprint density at radius 2 is 2.00 bits per heavy atom. The highest BCUT2D eigenvalue weighted by Gasteiger charge is 2.12. The number of rotatable bonds is 7. The Labute approximate surface area is 151 Å². The highest BCUT2D eigenvalue weighted by Crippen LogP contribution is 2.37. The lowest BCUT2D eigenvalue weighted by atomic mass is 10.2. The molecule has 0 bridgehead atoms. The molecule has 0 aliphatic carbocycles. The van der Waals surface area contributed by atoms with Gasteiger partial charge in [-0.1, -0.05) is 17.2 Å². The summed E-state index contributed by atoms with van der Waals surface area (Å²) < 4.78 is 25.0. The SMILES string of the molecule is COc1cc(CNc2nn[nH]n2)cc(Br)c1OCc1ccc(F)cc1. The van der Waals surface area contributed by atoms with Crippen molar-refractivity contribution < 1.29 is 13.9 Å². The van der Waals surface area contributed by atoms with Gasteiger partial charge in [0.25, 0.3) is 5.95 Å². The quantitative estimate of drug-likeness (QED) is 0.624. The maximum Gasteiger partial charge on any atom is 0.263 e. The van der Waals surface area contributed by atoms with Crippen molar-refractivity contribution in [2.24, 2.45) is 0 Å². The Bertz CT molecular complexity index is 827. The molecule has 0 spiro atoms. The van der Waals surface area contributed by atoms with Crippen LogP contribution in [0.15, 0.2) is 40.9 Å². The number of benzene rings is 2. The monoisotopic (exact) mass is 407 g/mol. The van der Waals surface area contributed by atoms with Gasteiger partial charge in [0.2, 0.25) is 0 Å². The lowest BCUT2D eigenvalue weighted by Gasteiger charge is -2.14. The molecule has 0 saturated heterocycles. The molecule has 0 saturated carbocycles. The molecular weight excluding hydrogens is 393 g/mol. The largest absolute Gasteiger partial charge is 0.493 e. The summed E-state index contributed by atoms with van der Waals surface area (Å²) in [6, 6.07) is 9.93. The fourth-order valence-corrected chi connectivity index (χ4v) is 2.77. The number of hydrogen-bond donors (Lipinski definition) is 2. The van der Waals surface area contributed by atoms with Crippen molar-refractivity contribution in [3.05, 3.63) is 57.8 Å². The Morgan fingerprint density at radius 1 is 1.20 bits per heavy atom. The van der Waals surface area contributed by atoms with Gasteiger partial charge in [-0.25, -0.2) is 4.39 Å². The minimum atomic E-state index is -0.277. The van der Waals surface area contributed by atoms with E-state index in [2.05, 4.69) is 41.9 Å². The zero-order valence-electron chi connectivity index (χ0n) is 13.3. The number of aromatic nitrogens is 4. The van der Waals surface area contributed by atoms with E-state index in [9.17, 15) is 4.39 Å². The number of nitrogens with zero attached hydrogens (tertiary/aromatic N) is 3. The van der Waals surface area contributed by atoms with E-state index in [0.29, 0.717) is 30.6 Å². The van der Waals surface area contributed by atoms with Crippen LogP contribution in [0.4, 0.5) is 10.3 Å². The second-order valence-corrected chi connectivity index (χ2v) is 5.97. The van der Waals surface area contributed by atoms with E-state index in [-0.39, 0.29) is 5.82 Å². The van der Waals surface area contributed by atoms with E-state index in [1.807, 2.05) is 12.1 Å². The third-order valence-corrected chi connectivity index (χ3v) is 3.97. The molecule has 0 unspecified atom stereocenters. The van der Waals surface area contributed by atoms with Crippen molar-refractivity contribution in [3.63, 3.8) is 0 Å². The molecular formula is C16H15BrFN5O2. The summed E-state index contributed by atoms with van der Waals surface area (Å²) in [6.07, 6.45) is 0. The second-order valence-electron chi connectivity index (χ2n) is 5.11. The third-order valence-electron chi connectivity index (χ3n) is 3.38. The van der Waals surface area contributed by atoms with Crippen molar-refractivity contribution in [1.82, 2.24) is 20.6 Å². The van der Waals surface area contributed by atoms with Crippen LogP contribution in [0.1, 0.15) is 11.1 Å². The predicted octanol–water partition coefficient (Wildman–Crippen LogP) is 3.30. The first-order chi connectivity index (χ1) is 12.2. The van der Waals surface area contributed by atoms with E-state index in [1.54, 1.807) is 19.2 Å². The van der Waals surface area contributed by atoms with Crippen molar-refractivity contribution in [2.75, 3.05) is 12.4 Å². The van der Waals surface area contributed by atoms with Gasteiger partial charge >= 0.3 is 0 Å². The first kappa shape index (κ1) is 17.2. The molecule has 1 aromatic heterocycles. The average Bonchev–Trinajstić information content (AvgIpc) is 3.13. The lowest BCUT2D eigenvalue weighted by Crippen LogP contribution is -2.03. The van der Waals surface area contributed by atoms with Crippen LogP contribution >= 0.6 is 15.9 Å². The fourth-order valence-electron chi connectivity index (χ4n) is 2.17. The molecule has 2 N–H and O–H groups in total. The topological polar surface area (TPSA) is 85.0 Å². The number of tetrazole rings is 1. The molecule has 0 amide bonds. The first-order valence-corrected chi connectivity index (χ1v) is 8.16. The summed E-state index contributed by atoms with van der Waals surface area (Å²) in [4.78, 5) is 0. The van der Waals surface area contributed by atoms with Gasteiger partial charge < -0.3 is 14.8 Å². The van der Waals surface area contributed by atoms with Crippen LogP contribution in [-0.4, -0.2) is 27.7 Å². The summed E-state index contributed by atoms with van der Waals surface area (Å²) in [7, 11) is 1.57. The Balaban J connectivity index is 1.71. The number of methoxy groups -OCH3 is 1. The summed E-state index contributed by atoms with van der Waals surface area (Å²) in [5.41, 5.74) is 1.81. The maximum atomic E-state index is 13.0. The second kappa shape index (κ2) is 7.93. The standard InChI is InChI=1S/C16H15BrFN5O2/c1-24-14-7-11(8-19-16-20-22-23-21-16)6-13(17)15(14)25-9-10-2-4-12(18)5-3-10/h2-7H,8-9H2,1H3,(H2,19,20,21,22,23). The van der Waals surface area contributed by atoms with E-state index < -0.39 is 0 Å². The molecule has 25 heavy (non-hydrogen) atoms. The van der Waals surface area contributed by atoms with Gasteiger partial charge in [-0.15, -0.1) is 5.10 Å². The van der Waals surface area contributed by atoms with Crippen LogP contribution in [0.25, 0.3) is 0 Å². The molecule has 7 nitrogen and oxygen atoms in total. The molecule has 0 atom stereocenters. The number of anilines is 1. The van der Waals surface area contributed by atoms with E-state index in [1.165, 1.54) is 12.1 Å². The molecule has 130 valence electrons. The lowest BCUT2D eigenvalue weighted by molar-refractivity contribution is 0.282. The minimum absolute atomic E-state index is 0.277. The number of H-pyrrole nitrogens is 1. The Kier molecular flexibility index (Phi) is 5.44. The van der Waals surface area contributed by atoms with E-state index >= 15 is 0 Å². The zero-order valence-corrected chi connectivity index (χ0v) is 14.9. The van der Waals surface area contributed by atoms with Crippen LogP contribution in [0, 0.1) is 5.82 Å². The van der Waals surface area contributed by atoms with Gasteiger partial charge in [-0.3, -0.25) is 0 Å². The molecule has 3 rings (SSSR count). The molecule has 1 heterocycles. The first-order valence-electron chi connectivity index (χ1n) is 7.36. The third kappa shape index (κ3) is 4.44. The van der Waals surface area contributed by atoms with Gasteiger partial charge in [-0.2, -0.15) is 5.21 Å². The van der Waals surface area contributed by atoms with Gasteiger partial charge in [0.05, 0.1) is 11.6 Å². The predicted molar refractivity (Wildman–Crippen MR) is 92.9 cm³/mol. The summed E-state index contributed by atoms with van der Waals surface area (Å²) in [5.74, 6) is 1.30. The van der Waals surface area contributed by atoms with Crippen LogP contribution < -0.4 is 14.8 Å². The van der Waals surface area contributed by atoms with Crippen molar-refractivity contribution in [1.29, 1.82) is 0 Å². The molecule has 9 heteroatoms. The Morgan fingerprint density at radius 3 is 2.68 bits per heavy atom. The fraction of sp³-hybridized carbons (Fsp3) is 0.188. The van der Waals surface area contributed by atoms with Crippen LogP contribution in [-0.2, 0) is 13.2 Å².